The largest absolute Gasteiger partial charge is 0.365 e. The van der Waals surface area contributed by atoms with Gasteiger partial charge in [0.1, 0.15) is 24.2 Å². The summed E-state index contributed by atoms with van der Waals surface area (Å²) >= 11 is 0. The van der Waals surface area contributed by atoms with Crippen molar-refractivity contribution in [2.24, 2.45) is 5.92 Å². The van der Waals surface area contributed by atoms with E-state index < -0.39 is 0 Å². The van der Waals surface area contributed by atoms with Crippen LogP contribution >= 0.6 is 0 Å². The van der Waals surface area contributed by atoms with Gasteiger partial charge in [-0.3, -0.25) is 4.79 Å². The van der Waals surface area contributed by atoms with Gasteiger partial charge in [-0.2, -0.15) is 5.26 Å². The van der Waals surface area contributed by atoms with E-state index in [2.05, 4.69) is 27.2 Å². The number of amides is 1. The van der Waals surface area contributed by atoms with Crippen LogP contribution in [0.3, 0.4) is 0 Å². The lowest BCUT2D eigenvalue weighted by atomic mass is 9.93. The Hall–Kier alpha value is -2.62. The minimum Gasteiger partial charge on any atom is -0.365 e. The summed E-state index contributed by atoms with van der Waals surface area (Å²) in [5.41, 5.74) is 0.790. The van der Waals surface area contributed by atoms with Crippen molar-refractivity contribution in [3.8, 4) is 6.07 Å². The molecule has 0 saturated carbocycles. The van der Waals surface area contributed by atoms with Crippen LogP contribution in [0.15, 0.2) is 18.6 Å². The molecule has 0 aromatic carbocycles. The maximum absolute atomic E-state index is 11.9. The summed E-state index contributed by atoms with van der Waals surface area (Å²) < 4.78 is 0. The lowest BCUT2D eigenvalue weighted by Gasteiger charge is -2.37. The molecule has 0 bridgehead atoms. The Kier molecular flexibility index (Phi) is 3.92. The highest BCUT2D eigenvalue weighted by Gasteiger charge is 2.29. The maximum Gasteiger partial charge on any atom is 0.236 e. The average Bonchev–Trinajstić information content (AvgIpc) is 2.99. The van der Waals surface area contributed by atoms with Crippen molar-refractivity contribution in [2.45, 2.75) is 25.8 Å². The number of piperidine rings is 1. The summed E-state index contributed by atoms with van der Waals surface area (Å²) in [5, 5.41) is 13.1. The minimum atomic E-state index is -0.101. The molecule has 3 rings (SSSR count). The van der Waals surface area contributed by atoms with Gasteiger partial charge in [-0.1, -0.05) is 6.92 Å². The van der Waals surface area contributed by atoms with Crippen LogP contribution in [0.2, 0.25) is 0 Å². The van der Waals surface area contributed by atoms with Crippen molar-refractivity contribution < 1.29 is 4.79 Å². The van der Waals surface area contributed by atoms with Gasteiger partial charge in [0.25, 0.3) is 0 Å². The number of hydrogen-bond acceptors (Lipinski definition) is 5. The van der Waals surface area contributed by atoms with Gasteiger partial charge in [-0.25, -0.2) is 9.97 Å². The Morgan fingerprint density at radius 3 is 3.27 bits per heavy atom. The number of likely N-dealkylation sites (tertiary alicyclic amines) is 1. The third kappa shape index (κ3) is 2.72. The number of aromatic amines is 1. The summed E-state index contributed by atoms with van der Waals surface area (Å²) in [6.07, 6.45) is 4.21. The molecule has 1 aliphatic heterocycles. The van der Waals surface area contributed by atoms with E-state index in [-0.39, 0.29) is 18.4 Å². The Labute approximate surface area is 128 Å². The monoisotopic (exact) mass is 298 g/mol. The zero-order valence-corrected chi connectivity index (χ0v) is 12.4. The summed E-state index contributed by atoms with van der Waals surface area (Å²) in [5.74, 6) is 1.10. The Morgan fingerprint density at radius 2 is 2.45 bits per heavy atom. The second-order valence-corrected chi connectivity index (χ2v) is 5.65. The molecule has 1 amide bonds. The van der Waals surface area contributed by atoms with Crippen LogP contribution in [-0.2, 0) is 4.79 Å². The van der Waals surface area contributed by atoms with Crippen LogP contribution < -0.4 is 5.32 Å². The first kappa shape index (κ1) is 14.3. The molecule has 1 aliphatic rings. The SMILES string of the molecule is C[C@H]1CCN(C(=O)CC#N)C[C@@H]1Nc1ncnc2[nH]ccc12. The standard InChI is InChI=1S/C15H18N6O/c1-10-4-7-21(13(22)2-5-16)8-12(10)20-15-11-3-6-17-14(11)18-9-19-15/h3,6,9-10,12H,2,4,7-8H2,1H3,(H2,17,18,19,20)/t10-,12-/m0/s1. The van der Waals surface area contributed by atoms with Crippen LogP contribution in [0.25, 0.3) is 11.0 Å². The molecule has 7 heteroatoms. The highest BCUT2D eigenvalue weighted by Crippen LogP contribution is 2.24. The number of rotatable bonds is 3. The van der Waals surface area contributed by atoms with E-state index in [9.17, 15) is 4.79 Å². The number of nitriles is 1. The number of anilines is 1. The Bertz CT molecular complexity index is 718. The zero-order valence-electron chi connectivity index (χ0n) is 12.4. The van der Waals surface area contributed by atoms with Crippen LogP contribution in [0.4, 0.5) is 5.82 Å². The number of carbonyl (C=O) groups excluding carboxylic acids is 1. The molecule has 1 fully saturated rings. The predicted molar refractivity (Wildman–Crippen MR) is 81.9 cm³/mol. The molecule has 2 atom stereocenters. The van der Waals surface area contributed by atoms with Gasteiger partial charge in [-0.05, 0) is 18.4 Å². The average molecular weight is 298 g/mol. The van der Waals surface area contributed by atoms with E-state index in [1.54, 1.807) is 4.90 Å². The molecule has 0 aliphatic carbocycles. The first-order chi connectivity index (χ1) is 10.7. The lowest BCUT2D eigenvalue weighted by molar-refractivity contribution is -0.131. The molecule has 7 nitrogen and oxygen atoms in total. The quantitative estimate of drug-likeness (QED) is 0.895. The molecular weight excluding hydrogens is 280 g/mol. The molecule has 0 spiro atoms. The number of nitrogens with zero attached hydrogens (tertiary/aromatic N) is 4. The second-order valence-electron chi connectivity index (χ2n) is 5.65. The van der Waals surface area contributed by atoms with Crippen molar-refractivity contribution in [1.82, 2.24) is 19.9 Å². The molecule has 3 heterocycles. The normalized spacial score (nSPS) is 21.5. The number of H-pyrrole nitrogens is 1. The van der Waals surface area contributed by atoms with Crippen LogP contribution in [0.1, 0.15) is 19.8 Å². The highest BCUT2D eigenvalue weighted by atomic mass is 16.2. The van der Waals surface area contributed by atoms with Crippen molar-refractivity contribution in [3.05, 3.63) is 18.6 Å². The van der Waals surface area contributed by atoms with Crippen LogP contribution in [-0.4, -0.2) is 44.9 Å². The Morgan fingerprint density at radius 1 is 1.59 bits per heavy atom. The van der Waals surface area contributed by atoms with E-state index >= 15 is 0 Å². The minimum absolute atomic E-state index is 0.0589. The summed E-state index contributed by atoms with van der Waals surface area (Å²) in [7, 11) is 0. The van der Waals surface area contributed by atoms with E-state index in [1.165, 1.54) is 6.33 Å². The fourth-order valence-corrected chi connectivity index (χ4v) is 2.83. The molecular formula is C15H18N6O. The van der Waals surface area contributed by atoms with Gasteiger partial charge in [0.2, 0.25) is 5.91 Å². The smallest absolute Gasteiger partial charge is 0.236 e. The van der Waals surface area contributed by atoms with Crippen LogP contribution in [0.5, 0.6) is 0 Å². The third-order valence-electron chi connectivity index (χ3n) is 4.22. The van der Waals surface area contributed by atoms with Crippen molar-refractivity contribution in [2.75, 3.05) is 18.4 Å². The van der Waals surface area contributed by atoms with E-state index in [0.29, 0.717) is 19.0 Å². The fourth-order valence-electron chi connectivity index (χ4n) is 2.83. The second kappa shape index (κ2) is 6.02. The van der Waals surface area contributed by atoms with Crippen molar-refractivity contribution in [3.63, 3.8) is 0 Å². The third-order valence-corrected chi connectivity index (χ3v) is 4.22. The van der Waals surface area contributed by atoms with Gasteiger partial charge in [-0.15, -0.1) is 0 Å². The van der Waals surface area contributed by atoms with Gasteiger partial charge < -0.3 is 15.2 Å². The van der Waals surface area contributed by atoms with Gasteiger partial charge in [0.05, 0.1) is 11.5 Å². The Balaban J connectivity index is 1.77. The molecule has 0 radical (unpaired) electrons. The van der Waals surface area contributed by atoms with E-state index in [0.717, 1.165) is 23.3 Å². The van der Waals surface area contributed by atoms with Gasteiger partial charge in [0.15, 0.2) is 0 Å². The molecule has 2 aromatic heterocycles. The molecule has 2 aromatic rings. The number of fused-ring (bicyclic) bond motifs is 1. The summed E-state index contributed by atoms with van der Waals surface area (Å²) in [6, 6.07) is 3.97. The van der Waals surface area contributed by atoms with E-state index in [4.69, 9.17) is 5.26 Å². The highest BCUT2D eigenvalue weighted by molar-refractivity contribution is 5.86. The number of aromatic nitrogens is 3. The molecule has 0 unspecified atom stereocenters. The van der Waals surface area contributed by atoms with Gasteiger partial charge >= 0.3 is 0 Å². The first-order valence-corrected chi connectivity index (χ1v) is 7.38. The van der Waals surface area contributed by atoms with E-state index in [1.807, 2.05) is 18.3 Å². The number of hydrogen-bond donors (Lipinski definition) is 2. The molecule has 22 heavy (non-hydrogen) atoms. The first-order valence-electron chi connectivity index (χ1n) is 7.38. The topological polar surface area (TPSA) is 97.7 Å². The fraction of sp³-hybridized carbons (Fsp3) is 0.467. The van der Waals surface area contributed by atoms with Crippen molar-refractivity contribution in [1.29, 1.82) is 5.26 Å². The van der Waals surface area contributed by atoms with Crippen LogP contribution in [0, 0.1) is 17.2 Å². The number of carbonyl (C=O) groups is 1. The molecule has 2 N–H and O–H groups in total. The molecule has 114 valence electrons. The molecule has 1 saturated heterocycles. The summed E-state index contributed by atoms with van der Waals surface area (Å²) in [6.45, 7) is 3.47. The van der Waals surface area contributed by atoms with Crippen molar-refractivity contribution >= 4 is 22.8 Å². The van der Waals surface area contributed by atoms with Gasteiger partial charge in [0, 0.05) is 25.3 Å². The number of nitrogens with one attached hydrogen (secondary N) is 2. The maximum atomic E-state index is 11.9. The zero-order chi connectivity index (χ0) is 15.5. The predicted octanol–water partition coefficient (Wildman–Crippen LogP) is 1.52. The summed E-state index contributed by atoms with van der Waals surface area (Å²) in [4.78, 5) is 25.2. The lowest BCUT2D eigenvalue weighted by Crippen LogP contribution is -2.49.